The smallest absolute Gasteiger partial charge is 0.418 e. The number of carbonyl (C=O) groups excluding carboxylic acids is 2. The Hall–Kier alpha value is -2.97. The van der Waals surface area contributed by atoms with Crippen molar-refractivity contribution in [2.45, 2.75) is 6.18 Å². The predicted octanol–water partition coefficient (Wildman–Crippen LogP) is 6.07. The minimum atomic E-state index is -4.73. The number of carbonyl (C=O) groups is 2. The third-order valence-corrected chi connectivity index (χ3v) is 4.51. The second-order valence-corrected chi connectivity index (χ2v) is 6.74. The fourth-order valence-corrected chi connectivity index (χ4v) is 2.97. The quantitative estimate of drug-likeness (QED) is 0.472. The Balaban J connectivity index is 1.65. The molecule has 0 bridgehead atoms. The zero-order valence-corrected chi connectivity index (χ0v) is 16.4. The van der Waals surface area contributed by atoms with Crippen molar-refractivity contribution in [2.24, 2.45) is 0 Å². The van der Waals surface area contributed by atoms with Crippen LogP contribution in [-0.2, 0) is 15.7 Å². The summed E-state index contributed by atoms with van der Waals surface area (Å²) in [6.45, 7) is -0.844. The number of nitrogens with one attached hydrogen (secondary N) is 1. The van der Waals surface area contributed by atoms with Gasteiger partial charge in [0.25, 0.3) is 5.91 Å². The molecule has 0 aliphatic carbocycles. The highest BCUT2D eigenvalue weighted by Crippen LogP contribution is 2.38. The average Bonchev–Trinajstić information content (AvgIpc) is 3.17. The van der Waals surface area contributed by atoms with Crippen LogP contribution in [0, 0.1) is 0 Å². The molecule has 0 saturated carbocycles. The van der Waals surface area contributed by atoms with Crippen LogP contribution in [0.15, 0.2) is 59.0 Å². The Labute approximate surface area is 178 Å². The molecule has 156 valence electrons. The number of hydrogen-bond donors (Lipinski definition) is 1. The topological polar surface area (TPSA) is 68.5 Å². The summed E-state index contributed by atoms with van der Waals surface area (Å²) < 4.78 is 49.4. The number of amides is 1. The molecule has 0 aliphatic heterocycles. The number of benzene rings is 2. The van der Waals surface area contributed by atoms with E-state index in [4.69, 9.17) is 32.4 Å². The monoisotopic (exact) mass is 457 g/mol. The van der Waals surface area contributed by atoms with Crippen molar-refractivity contribution in [3.05, 3.63) is 76.0 Å². The van der Waals surface area contributed by atoms with Crippen LogP contribution in [0.3, 0.4) is 0 Å². The standard InChI is InChI=1S/C20H12Cl2F3NO4/c21-13-6-2-1-4-11(13)15-8-9-16(30-15)19(28)29-10-17(27)26-18-12(20(23,24)25)5-3-7-14(18)22/h1-9H,10H2,(H,26,27). The minimum Gasteiger partial charge on any atom is -0.450 e. The van der Waals surface area contributed by atoms with Crippen LogP contribution in [0.2, 0.25) is 10.0 Å². The van der Waals surface area contributed by atoms with E-state index in [1.807, 2.05) is 5.32 Å². The van der Waals surface area contributed by atoms with Gasteiger partial charge in [-0.25, -0.2) is 4.79 Å². The number of furan rings is 1. The van der Waals surface area contributed by atoms with Crippen LogP contribution < -0.4 is 5.32 Å². The lowest BCUT2D eigenvalue weighted by molar-refractivity contribution is -0.137. The van der Waals surface area contributed by atoms with Gasteiger partial charge >= 0.3 is 12.1 Å². The van der Waals surface area contributed by atoms with Crippen LogP contribution in [0.4, 0.5) is 18.9 Å². The summed E-state index contributed by atoms with van der Waals surface area (Å²) >= 11 is 11.8. The lowest BCUT2D eigenvalue weighted by Gasteiger charge is -2.15. The van der Waals surface area contributed by atoms with Gasteiger partial charge < -0.3 is 14.5 Å². The van der Waals surface area contributed by atoms with E-state index in [1.165, 1.54) is 18.2 Å². The SMILES string of the molecule is O=C(COC(=O)c1ccc(-c2ccccc2Cl)o1)Nc1c(Cl)cccc1C(F)(F)F. The van der Waals surface area contributed by atoms with Gasteiger partial charge in [-0.15, -0.1) is 0 Å². The highest BCUT2D eigenvalue weighted by atomic mass is 35.5. The molecule has 1 amide bonds. The summed E-state index contributed by atoms with van der Waals surface area (Å²) in [5.41, 5.74) is -1.19. The molecular formula is C20H12Cl2F3NO4. The molecule has 0 spiro atoms. The second-order valence-electron chi connectivity index (χ2n) is 5.93. The Morgan fingerprint density at radius 2 is 1.67 bits per heavy atom. The number of esters is 1. The molecule has 0 atom stereocenters. The van der Waals surface area contributed by atoms with Crippen LogP contribution in [0.25, 0.3) is 11.3 Å². The van der Waals surface area contributed by atoms with Gasteiger partial charge in [-0.05, 0) is 36.4 Å². The first kappa shape index (κ1) is 21.7. The molecule has 0 fully saturated rings. The largest absolute Gasteiger partial charge is 0.450 e. The predicted molar refractivity (Wildman–Crippen MR) is 105 cm³/mol. The van der Waals surface area contributed by atoms with E-state index < -0.39 is 35.9 Å². The summed E-state index contributed by atoms with van der Waals surface area (Å²) in [6, 6.07) is 12.7. The van der Waals surface area contributed by atoms with Crippen molar-refractivity contribution in [1.82, 2.24) is 0 Å². The Morgan fingerprint density at radius 1 is 0.967 bits per heavy atom. The molecule has 2 aromatic carbocycles. The first-order valence-corrected chi connectivity index (χ1v) is 9.10. The average molecular weight is 458 g/mol. The summed E-state index contributed by atoms with van der Waals surface area (Å²) in [7, 11) is 0. The molecule has 10 heteroatoms. The van der Waals surface area contributed by atoms with Gasteiger partial charge in [0.2, 0.25) is 5.76 Å². The van der Waals surface area contributed by atoms with E-state index in [-0.39, 0.29) is 10.8 Å². The molecule has 0 aliphatic rings. The van der Waals surface area contributed by atoms with Crippen molar-refractivity contribution >= 4 is 40.8 Å². The first-order chi connectivity index (χ1) is 14.2. The van der Waals surface area contributed by atoms with Crippen molar-refractivity contribution in [1.29, 1.82) is 0 Å². The molecule has 5 nitrogen and oxygen atoms in total. The summed E-state index contributed by atoms with van der Waals surface area (Å²) in [5, 5.41) is 2.12. The molecule has 1 heterocycles. The Bertz CT molecular complexity index is 1100. The summed E-state index contributed by atoms with van der Waals surface area (Å²) in [6.07, 6.45) is -4.73. The van der Waals surface area contributed by atoms with Crippen LogP contribution >= 0.6 is 23.2 Å². The van der Waals surface area contributed by atoms with E-state index in [9.17, 15) is 22.8 Å². The molecular weight excluding hydrogens is 446 g/mol. The maximum Gasteiger partial charge on any atom is 0.418 e. The van der Waals surface area contributed by atoms with Crippen molar-refractivity contribution in [2.75, 3.05) is 11.9 Å². The Morgan fingerprint density at radius 3 is 2.37 bits per heavy atom. The lowest BCUT2D eigenvalue weighted by Crippen LogP contribution is -2.23. The zero-order chi connectivity index (χ0) is 21.9. The number of para-hydroxylation sites is 1. The molecule has 0 saturated heterocycles. The van der Waals surface area contributed by atoms with Crippen LogP contribution in [0.1, 0.15) is 16.1 Å². The molecule has 1 N–H and O–H groups in total. The lowest BCUT2D eigenvalue weighted by atomic mass is 10.1. The highest BCUT2D eigenvalue weighted by molar-refractivity contribution is 6.34. The van der Waals surface area contributed by atoms with Gasteiger partial charge in [0.1, 0.15) is 5.76 Å². The summed E-state index contributed by atoms with van der Waals surface area (Å²) in [5.74, 6) is -1.87. The number of alkyl halides is 3. The third kappa shape index (κ3) is 4.95. The maximum atomic E-state index is 13.1. The molecule has 30 heavy (non-hydrogen) atoms. The van der Waals surface area contributed by atoms with Crippen molar-refractivity contribution < 1.29 is 31.9 Å². The molecule has 3 aromatic rings. The van der Waals surface area contributed by atoms with Crippen molar-refractivity contribution in [3.63, 3.8) is 0 Å². The van der Waals surface area contributed by atoms with E-state index in [1.54, 1.807) is 24.3 Å². The maximum absolute atomic E-state index is 13.1. The van der Waals surface area contributed by atoms with Gasteiger partial charge in [0.05, 0.1) is 21.3 Å². The van der Waals surface area contributed by atoms with Gasteiger partial charge in [0, 0.05) is 5.56 Å². The number of anilines is 1. The first-order valence-electron chi connectivity index (χ1n) is 8.34. The fourth-order valence-electron chi connectivity index (χ4n) is 2.52. The highest BCUT2D eigenvalue weighted by Gasteiger charge is 2.34. The van der Waals surface area contributed by atoms with E-state index in [2.05, 4.69) is 0 Å². The molecule has 1 aromatic heterocycles. The number of rotatable bonds is 5. The molecule has 0 radical (unpaired) electrons. The number of halogens is 5. The second kappa shape index (κ2) is 8.81. The summed E-state index contributed by atoms with van der Waals surface area (Å²) in [4.78, 5) is 24.1. The van der Waals surface area contributed by atoms with E-state index >= 15 is 0 Å². The third-order valence-electron chi connectivity index (χ3n) is 3.86. The van der Waals surface area contributed by atoms with Gasteiger partial charge in [-0.3, -0.25) is 4.79 Å². The van der Waals surface area contributed by atoms with E-state index in [0.717, 1.165) is 12.1 Å². The zero-order valence-electron chi connectivity index (χ0n) is 14.9. The molecule has 3 rings (SSSR count). The fraction of sp³-hybridized carbons (Fsp3) is 0.100. The number of ether oxygens (including phenoxy) is 1. The normalized spacial score (nSPS) is 11.2. The van der Waals surface area contributed by atoms with Crippen molar-refractivity contribution in [3.8, 4) is 11.3 Å². The number of hydrogen-bond acceptors (Lipinski definition) is 4. The molecule has 0 unspecified atom stereocenters. The van der Waals surface area contributed by atoms with E-state index in [0.29, 0.717) is 16.3 Å². The minimum absolute atomic E-state index is 0.202. The van der Waals surface area contributed by atoms with Crippen LogP contribution in [-0.4, -0.2) is 18.5 Å². The Kier molecular flexibility index (Phi) is 6.38. The van der Waals surface area contributed by atoms with Gasteiger partial charge in [-0.1, -0.05) is 41.4 Å². The van der Waals surface area contributed by atoms with Gasteiger partial charge in [-0.2, -0.15) is 13.2 Å². The van der Waals surface area contributed by atoms with Crippen LogP contribution in [0.5, 0.6) is 0 Å². The van der Waals surface area contributed by atoms with Gasteiger partial charge in [0.15, 0.2) is 6.61 Å².